The van der Waals surface area contributed by atoms with Crippen molar-refractivity contribution in [1.29, 1.82) is 0 Å². The molecule has 1 N–H and O–H groups in total. The number of nitrogens with one attached hydrogen (secondary N) is 1. The summed E-state index contributed by atoms with van der Waals surface area (Å²) in [6.07, 6.45) is 1.83. The Morgan fingerprint density at radius 3 is 2.90 bits per heavy atom. The van der Waals surface area contributed by atoms with Gasteiger partial charge in [0.2, 0.25) is 11.8 Å². The summed E-state index contributed by atoms with van der Waals surface area (Å²) in [5, 5.41) is 19.6. The summed E-state index contributed by atoms with van der Waals surface area (Å²) >= 11 is 6.10. The molecule has 0 aliphatic rings. The van der Waals surface area contributed by atoms with E-state index in [1.54, 1.807) is 10.7 Å². The van der Waals surface area contributed by atoms with E-state index in [1.807, 2.05) is 31.4 Å². The van der Waals surface area contributed by atoms with Gasteiger partial charge in [0, 0.05) is 6.54 Å². The Hall–Kier alpha value is -2.25. The Morgan fingerprint density at radius 1 is 1.24 bits per heavy atom. The third-order valence-electron chi connectivity index (χ3n) is 2.81. The van der Waals surface area contributed by atoms with Crippen LogP contribution in [0, 0.1) is 0 Å². The summed E-state index contributed by atoms with van der Waals surface area (Å²) in [6.45, 7) is 1.03. The second-order valence-corrected chi connectivity index (χ2v) is 4.83. The van der Waals surface area contributed by atoms with Crippen molar-refractivity contribution in [2.24, 2.45) is 0 Å². The molecule has 0 saturated carbocycles. The third-order valence-corrected chi connectivity index (χ3v) is 3.14. The fraction of sp³-hybridized carbons (Fsp3) is 0.231. The summed E-state index contributed by atoms with van der Waals surface area (Å²) < 4.78 is 7.26. The maximum absolute atomic E-state index is 6.10. The van der Waals surface area contributed by atoms with Gasteiger partial charge < -0.3 is 9.73 Å². The summed E-state index contributed by atoms with van der Waals surface area (Å²) in [5.74, 6) is 0.844. The fourth-order valence-corrected chi connectivity index (χ4v) is 2.09. The molecule has 2 heterocycles. The molecule has 0 amide bonds. The van der Waals surface area contributed by atoms with Crippen LogP contribution in [0.25, 0.3) is 11.5 Å². The molecule has 0 unspecified atom stereocenters. The minimum absolute atomic E-state index is 0.369. The van der Waals surface area contributed by atoms with E-state index in [-0.39, 0.29) is 0 Å². The quantitative estimate of drug-likeness (QED) is 0.773. The Bertz CT molecular complexity index is 738. The van der Waals surface area contributed by atoms with Crippen molar-refractivity contribution in [1.82, 2.24) is 30.5 Å². The average Bonchev–Trinajstić information content (AvgIpc) is 3.10. The first-order valence-electron chi connectivity index (χ1n) is 6.37. The van der Waals surface area contributed by atoms with Crippen LogP contribution in [-0.2, 0) is 13.1 Å². The highest BCUT2D eigenvalue weighted by molar-refractivity contribution is 6.33. The van der Waals surface area contributed by atoms with E-state index in [0.717, 1.165) is 5.69 Å². The molecular weight excluding hydrogens is 292 g/mol. The maximum Gasteiger partial charge on any atom is 0.249 e. The average molecular weight is 305 g/mol. The molecule has 21 heavy (non-hydrogen) atoms. The second kappa shape index (κ2) is 6.02. The highest BCUT2D eigenvalue weighted by Gasteiger charge is 2.12. The van der Waals surface area contributed by atoms with Crippen LogP contribution in [0.1, 0.15) is 11.6 Å². The van der Waals surface area contributed by atoms with Gasteiger partial charge in [-0.05, 0) is 19.2 Å². The van der Waals surface area contributed by atoms with Crippen LogP contribution in [0.5, 0.6) is 0 Å². The van der Waals surface area contributed by atoms with Gasteiger partial charge in [-0.3, -0.25) is 0 Å². The van der Waals surface area contributed by atoms with E-state index in [0.29, 0.717) is 35.5 Å². The largest absolute Gasteiger partial charge is 0.419 e. The van der Waals surface area contributed by atoms with Crippen molar-refractivity contribution in [2.45, 2.75) is 13.1 Å². The van der Waals surface area contributed by atoms with Gasteiger partial charge in [-0.2, -0.15) is 0 Å². The lowest BCUT2D eigenvalue weighted by Gasteiger charge is -1.97. The molecule has 1 aromatic carbocycles. The highest BCUT2D eigenvalue weighted by atomic mass is 35.5. The molecule has 0 aliphatic heterocycles. The molecule has 0 aliphatic carbocycles. The topological polar surface area (TPSA) is 81.7 Å². The summed E-state index contributed by atoms with van der Waals surface area (Å²) in [4.78, 5) is 0. The Morgan fingerprint density at radius 2 is 2.10 bits per heavy atom. The number of benzene rings is 1. The zero-order chi connectivity index (χ0) is 14.7. The van der Waals surface area contributed by atoms with Gasteiger partial charge in [0.15, 0.2) is 0 Å². The van der Waals surface area contributed by atoms with Crippen LogP contribution >= 0.6 is 11.6 Å². The second-order valence-electron chi connectivity index (χ2n) is 4.42. The zero-order valence-corrected chi connectivity index (χ0v) is 12.1. The van der Waals surface area contributed by atoms with E-state index >= 15 is 0 Å². The fourth-order valence-electron chi connectivity index (χ4n) is 1.88. The first-order valence-corrected chi connectivity index (χ1v) is 6.75. The minimum Gasteiger partial charge on any atom is -0.419 e. The third kappa shape index (κ3) is 3.09. The van der Waals surface area contributed by atoms with E-state index in [9.17, 15) is 0 Å². The van der Waals surface area contributed by atoms with Gasteiger partial charge in [0.25, 0.3) is 0 Å². The first kappa shape index (κ1) is 13.7. The Labute approximate surface area is 125 Å². The highest BCUT2D eigenvalue weighted by Crippen LogP contribution is 2.26. The molecule has 8 heteroatoms. The number of nitrogens with zero attached hydrogens (tertiary/aromatic N) is 5. The lowest BCUT2D eigenvalue weighted by Crippen LogP contribution is -2.05. The van der Waals surface area contributed by atoms with Gasteiger partial charge in [-0.25, -0.2) is 4.68 Å². The summed E-state index contributed by atoms with van der Waals surface area (Å²) in [5.41, 5.74) is 1.57. The van der Waals surface area contributed by atoms with Crippen molar-refractivity contribution in [3.8, 4) is 11.5 Å². The van der Waals surface area contributed by atoms with E-state index in [2.05, 4.69) is 25.8 Å². The summed E-state index contributed by atoms with van der Waals surface area (Å²) in [6, 6.07) is 7.33. The zero-order valence-electron chi connectivity index (χ0n) is 11.3. The Kier molecular flexibility index (Phi) is 3.94. The monoisotopic (exact) mass is 304 g/mol. The van der Waals surface area contributed by atoms with Crippen LogP contribution in [0.2, 0.25) is 5.02 Å². The smallest absolute Gasteiger partial charge is 0.249 e. The molecule has 0 bridgehead atoms. The van der Waals surface area contributed by atoms with Crippen molar-refractivity contribution < 1.29 is 4.42 Å². The molecular formula is C13H13ClN6O. The molecule has 0 fully saturated rings. The van der Waals surface area contributed by atoms with Crippen LogP contribution in [0.4, 0.5) is 0 Å². The molecule has 0 spiro atoms. The maximum atomic E-state index is 6.10. The standard InChI is InChI=1S/C13H13ClN6O/c1-15-6-9-7-20(19-16-9)8-12-17-18-13(21-12)10-4-2-3-5-11(10)14/h2-5,7,15H,6,8H2,1H3. The minimum atomic E-state index is 0.369. The predicted octanol–water partition coefficient (Wildman–Crippen LogP) is 1.75. The van der Waals surface area contributed by atoms with Crippen LogP contribution in [0.15, 0.2) is 34.9 Å². The van der Waals surface area contributed by atoms with Crippen LogP contribution in [0.3, 0.4) is 0 Å². The normalized spacial score (nSPS) is 11.0. The number of rotatable bonds is 5. The van der Waals surface area contributed by atoms with E-state index < -0.39 is 0 Å². The summed E-state index contributed by atoms with van der Waals surface area (Å²) in [7, 11) is 1.85. The number of aromatic nitrogens is 5. The van der Waals surface area contributed by atoms with E-state index in [1.165, 1.54) is 0 Å². The van der Waals surface area contributed by atoms with Gasteiger partial charge in [-0.15, -0.1) is 15.3 Å². The lowest BCUT2D eigenvalue weighted by atomic mass is 10.2. The number of halogens is 1. The van der Waals surface area contributed by atoms with Crippen molar-refractivity contribution >= 4 is 11.6 Å². The SMILES string of the molecule is CNCc1cn(Cc2nnc(-c3ccccc3Cl)o2)nn1. The molecule has 108 valence electrons. The molecule has 3 aromatic rings. The molecule has 0 atom stereocenters. The van der Waals surface area contributed by atoms with Gasteiger partial charge in [0.1, 0.15) is 6.54 Å². The van der Waals surface area contributed by atoms with Crippen molar-refractivity contribution in [3.05, 3.63) is 47.1 Å². The molecule has 0 saturated heterocycles. The molecule has 0 radical (unpaired) electrons. The predicted molar refractivity (Wildman–Crippen MR) is 76.6 cm³/mol. The first-order chi connectivity index (χ1) is 10.3. The van der Waals surface area contributed by atoms with Crippen molar-refractivity contribution in [3.63, 3.8) is 0 Å². The van der Waals surface area contributed by atoms with Gasteiger partial charge in [-0.1, -0.05) is 28.9 Å². The molecule has 7 nitrogen and oxygen atoms in total. The molecule has 2 aromatic heterocycles. The number of hydrogen-bond donors (Lipinski definition) is 1. The van der Waals surface area contributed by atoms with Gasteiger partial charge in [0.05, 0.1) is 22.5 Å². The van der Waals surface area contributed by atoms with Crippen LogP contribution in [-0.4, -0.2) is 32.2 Å². The van der Waals surface area contributed by atoms with Crippen LogP contribution < -0.4 is 5.32 Å². The van der Waals surface area contributed by atoms with Gasteiger partial charge >= 0.3 is 0 Å². The lowest BCUT2D eigenvalue weighted by molar-refractivity contribution is 0.469. The van der Waals surface area contributed by atoms with E-state index in [4.69, 9.17) is 16.0 Å². The Balaban J connectivity index is 1.77. The molecule has 3 rings (SSSR count). The van der Waals surface area contributed by atoms with Crippen molar-refractivity contribution in [2.75, 3.05) is 7.05 Å². The number of hydrogen-bond acceptors (Lipinski definition) is 6.